The fourth-order valence-electron chi connectivity index (χ4n) is 5.79. The van der Waals surface area contributed by atoms with Crippen LogP contribution in [0.3, 0.4) is 0 Å². The Labute approximate surface area is 312 Å². The number of ether oxygens (including phenoxy) is 1. The third kappa shape index (κ3) is 15.8. The van der Waals surface area contributed by atoms with Crippen LogP contribution in [0.25, 0.3) is 0 Å². The van der Waals surface area contributed by atoms with E-state index < -0.39 is 48.1 Å². The minimum absolute atomic E-state index is 0.00427. The maximum Gasteiger partial charge on any atom is 0.408 e. The number of aliphatic imine (C=N–C) groups is 1. The van der Waals surface area contributed by atoms with Crippen molar-refractivity contribution in [1.82, 2.24) is 21.3 Å². The summed E-state index contributed by atoms with van der Waals surface area (Å²) in [6.45, 7) is 6.32. The fraction of sp³-hybridized carbons (Fsp3) is 0.425. The number of rotatable bonds is 21. The number of nitrogens with zero attached hydrogens (tertiary/aromatic N) is 1. The first-order chi connectivity index (χ1) is 25.4. The van der Waals surface area contributed by atoms with Gasteiger partial charge in [-0.1, -0.05) is 112 Å². The second-order valence-corrected chi connectivity index (χ2v) is 13.5. The molecule has 5 atom stereocenters. The molecule has 0 heterocycles. The van der Waals surface area contributed by atoms with Crippen LogP contribution in [0.15, 0.2) is 96.0 Å². The summed E-state index contributed by atoms with van der Waals surface area (Å²) < 4.78 is 5.38. The molecular formula is C40H55N7O6. The van der Waals surface area contributed by atoms with Crippen LogP contribution in [0.4, 0.5) is 4.79 Å². The third-order valence-corrected chi connectivity index (χ3v) is 8.66. The van der Waals surface area contributed by atoms with E-state index in [1.54, 1.807) is 0 Å². The third-order valence-electron chi connectivity index (χ3n) is 8.66. The Hall–Kier alpha value is -5.43. The first kappa shape index (κ1) is 42.0. The number of carbonyl (C=O) groups excluding carboxylic acids is 4. The summed E-state index contributed by atoms with van der Waals surface area (Å²) in [5, 5.41) is 22.5. The molecule has 13 heteroatoms. The van der Waals surface area contributed by atoms with Gasteiger partial charge in [-0.05, 0) is 48.3 Å². The Balaban J connectivity index is 1.76. The number of nitrogens with two attached hydrogens (primary N) is 2. The zero-order valence-corrected chi connectivity index (χ0v) is 30.9. The standard InChI is InChI=1S/C40H55N7O6/c1-27(2)24-33(34(48)25-35(49)43-23-21-29-14-7-4-8-15-29)45-38(51)36(28(3)31-18-11-6-12-19-31)47-37(50)32(20-13-22-44-39(41)42)46-40(52)53-26-30-16-9-5-10-17-30/h4-12,14-19,27-28,32-34,36,48H,13,20-26H2,1-3H3,(H,43,49)(H,45,51)(H,46,52)(H,47,50)(H4,41,42,44)/t28?,32-,33-,34-,36-/m0/s1. The van der Waals surface area contributed by atoms with Gasteiger partial charge in [0.25, 0.3) is 0 Å². The van der Waals surface area contributed by atoms with Crippen molar-refractivity contribution in [3.05, 3.63) is 108 Å². The minimum atomic E-state index is -1.19. The van der Waals surface area contributed by atoms with E-state index in [0.29, 0.717) is 25.8 Å². The predicted molar refractivity (Wildman–Crippen MR) is 205 cm³/mol. The van der Waals surface area contributed by atoms with Gasteiger partial charge in [0.15, 0.2) is 5.96 Å². The molecular weight excluding hydrogens is 674 g/mol. The number of benzene rings is 3. The lowest BCUT2D eigenvalue weighted by atomic mass is 9.91. The Morgan fingerprint density at radius 2 is 1.40 bits per heavy atom. The molecule has 53 heavy (non-hydrogen) atoms. The van der Waals surface area contributed by atoms with E-state index in [9.17, 15) is 24.3 Å². The van der Waals surface area contributed by atoms with Crippen molar-refractivity contribution in [3.8, 4) is 0 Å². The Bertz CT molecular complexity index is 1590. The SMILES string of the molecule is CC(C)C[C@H](NC(=O)[C@@H](NC(=O)[C@H](CCCN=C(N)N)NC(=O)OCc1ccccc1)C(C)c1ccccc1)[C@@H](O)CC(=O)NCCc1ccccc1. The molecule has 3 aromatic carbocycles. The van der Waals surface area contributed by atoms with Gasteiger partial charge in [0.2, 0.25) is 17.7 Å². The average Bonchev–Trinajstić information content (AvgIpc) is 3.14. The van der Waals surface area contributed by atoms with Gasteiger partial charge >= 0.3 is 6.09 Å². The quantitative estimate of drug-likeness (QED) is 0.0491. The molecule has 0 aromatic heterocycles. The summed E-state index contributed by atoms with van der Waals surface area (Å²) in [6.07, 6.45) is -0.706. The number of alkyl carbamates (subject to hydrolysis) is 1. The highest BCUT2D eigenvalue weighted by molar-refractivity contribution is 5.92. The highest BCUT2D eigenvalue weighted by Crippen LogP contribution is 2.21. The second kappa shape index (κ2) is 22.5. The van der Waals surface area contributed by atoms with Gasteiger partial charge in [-0.3, -0.25) is 19.4 Å². The van der Waals surface area contributed by atoms with Gasteiger partial charge in [0, 0.05) is 19.0 Å². The predicted octanol–water partition coefficient (Wildman–Crippen LogP) is 3.26. The first-order valence-electron chi connectivity index (χ1n) is 18.1. The van der Waals surface area contributed by atoms with Gasteiger partial charge in [0.05, 0.1) is 18.6 Å². The Morgan fingerprint density at radius 1 is 0.792 bits per heavy atom. The number of aliphatic hydroxyl groups is 1. The van der Waals surface area contributed by atoms with Crippen molar-refractivity contribution in [3.63, 3.8) is 0 Å². The molecule has 286 valence electrons. The molecule has 0 fully saturated rings. The normalized spacial score (nSPS) is 13.8. The summed E-state index contributed by atoms with van der Waals surface area (Å²) in [4.78, 5) is 57.7. The molecule has 0 aliphatic heterocycles. The molecule has 3 aromatic rings. The number of guanidine groups is 1. The molecule has 13 nitrogen and oxygen atoms in total. The van der Waals surface area contributed by atoms with Crippen LogP contribution in [0.2, 0.25) is 0 Å². The summed E-state index contributed by atoms with van der Waals surface area (Å²) in [6, 6.07) is 25.1. The van der Waals surface area contributed by atoms with Crippen LogP contribution in [-0.4, -0.2) is 72.2 Å². The zero-order chi connectivity index (χ0) is 38.6. The van der Waals surface area contributed by atoms with Crippen molar-refractivity contribution < 1.29 is 29.0 Å². The van der Waals surface area contributed by atoms with E-state index in [4.69, 9.17) is 16.2 Å². The molecule has 0 spiro atoms. The summed E-state index contributed by atoms with van der Waals surface area (Å²) in [7, 11) is 0. The Morgan fingerprint density at radius 3 is 2.00 bits per heavy atom. The number of hydrogen-bond donors (Lipinski definition) is 7. The number of carbonyl (C=O) groups is 4. The number of aliphatic hydroxyl groups excluding tert-OH is 1. The molecule has 9 N–H and O–H groups in total. The fourth-order valence-corrected chi connectivity index (χ4v) is 5.79. The smallest absolute Gasteiger partial charge is 0.408 e. The molecule has 4 amide bonds. The molecule has 0 aliphatic carbocycles. The lowest BCUT2D eigenvalue weighted by Crippen LogP contribution is -2.58. The minimum Gasteiger partial charge on any atom is -0.445 e. The van der Waals surface area contributed by atoms with Gasteiger partial charge in [0.1, 0.15) is 18.7 Å². The van der Waals surface area contributed by atoms with Crippen LogP contribution in [0.1, 0.15) is 69.1 Å². The molecule has 0 aliphatic rings. The van der Waals surface area contributed by atoms with Crippen molar-refractivity contribution in [1.29, 1.82) is 0 Å². The lowest BCUT2D eigenvalue weighted by Gasteiger charge is -2.31. The molecule has 0 saturated carbocycles. The van der Waals surface area contributed by atoms with Crippen molar-refractivity contribution in [2.24, 2.45) is 22.4 Å². The highest BCUT2D eigenvalue weighted by atomic mass is 16.5. The highest BCUT2D eigenvalue weighted by Gasteiger charge is 2.34. The van der Waals surface area contributed by atoms with E-state index in [1.807, 2.05) is 112 Å². The van der Waals surface area contributed by atoms with Gasteiger partial charge in [-0.25, -0.2) is 4.79 Å². The van der Waals surface area contributed by atoms with Crippen molar-refractivity contribution in [2.45, 2.75) is 89.6 Å². The lowest BCUT2D eigenvalue weighted by molar-refractivity contribution is -0.132. The van der Waals surface area contributed by atoms with Gasteiger partial charge in [-0.15, -0.1) is 0 Å². The number of nitrogens with one attached hydrogen (secondary N) is 4. The molecule has 3 rings (SSSR count). The summed E-state index contributed by atoms with van der Waals surface area (Å²) >= 11 is 0. The number of amides is 4. The van der Waals surface area contributed by atoms with Crippen LogP contribution in [0.5, 0.6) is 0 Å². The topological polar surface area (TPSA) is 210 Å². The summed E-state index contributed by atoms with van der Waals surface area (Å²) in [5.74, 6) is -2.06. The molecule has 0 bridgehead atoms. The van der Waals surface area contributed by atoms with Gasteiger partial charge < -0.3 is 42.6 Å². The largest absolute Gasteiger partial charge is 0.445 e. The van der Waals surface area contributed by atoms with E-state index >= 15 is 0 Å². The van der Waals surface area contributed by atoms with Gasteiger partial charge in [-0.2, -0.15) is 0 Å². The molecule has 0 radical (unpaired) electrons. The van der Waals surface area contributed by atoms with Crippen molar-refractivity contribution in [2.75, 3.05) is 13.1 Å². The van der Waals surface area contributed by atoms with Crippen LogP contribution >= 0.6 is 0 Å². The monoisotopic (exact) mass is 729 g/mol. The number of hydrogen-bond acceptors (Lipinski definition) is 7. The summed E-state index contributed by atoms with van der Waals surface area (Å²) in [5.41, 5.74) is 13.6. The van der Waals surface area contributed by atoms with Crippen LogP contribution < -0.4 is 32.7 Å². The molecule has 1 unspecified atom stereocenters. The van der Waals surface area contributed by atoms with E-state index in [1.165, 1.54) is 0 Å². The van der Waals surface area contributed by atoms with Crippen LogP contribution in [-0.2, 0) is 32.1 Å². The first-order valence-corrected chi connectivity index (χ1v) is 18.1. The Kier molecular flexibility index (Phi) is 17.8. The average molecular weight is 730 g/mol. The van der Waals surface area contributed by atoms with E-state index in [2.05, 4.69) is 26.3 Å². The van der Waals surface area contributed by atoms with E-state index in [0.717, 1.165) is 16.7 Å². The van der Waals surface area contributed by atoms with E-state index in [-0.39, 0.29) is 43.8 Å². The zero-order valence-electron chi connectivity index (χ0n) is 30.9. The maximum atomic E-state index is 14.1. The van der Waals surface area contributed by atoms with Crippen molar-refractivity contribution >= 4 is 29.8 Å². The van der Waals surface area contributed by atoms with Crippen LogP contribution in [0, 0.1) is 5.92 Å². The second-order valence-electron chi connectivity index (χ2n) is 13.5. The maximum absolute atomic E-state index is 14.1. The molecule has 0 saturated heterocycles.